The molecule has 0 aliphatic heterocycles. The summed E-state index contributed by atoms with van der Waals surface area (Å²) < 4.78 is 25.5. The third kappa shape index (κ3) is 5.81. The Morgan fingerprint density at radius 1 is 1.32 bits per heavy atom. The van der Waals surface area contributed by atoms with Crippen LogP contribution in [0, 0.1) is 0 Å². The number of amides is 1. The van der Waals surface area contributed by atoms with Crippen LogP contribution < -0.4 is 10.9 Å². The van der Waals surface area contributed by atoms with Crippen molar-refractivity contribution in [3.63, 3.8) is 0 Å². The second-order valence-electron chi connectivity index (χ2n) is 6.06. The van der Waals surface area contributed by atoms with E-state index in [4.69, 9.17) is 11.6 Å². The number of hydrogen-bond acceptors (Lipinski definition) is 6. The van der Waals surface area contributed by atoms with E-state index >= 15 is 0 Å². The summed E-state index contributed by atoms with van der Waals surface area (Å²) >= 11 is 7.15. The van der Waals surface area contributed by atoms with Crippen LogP contribution in [0.4, 0.5) is 5.69 Å². The molecule has 0 atom stereocenters. The van der Waals surface area contributed by atoms with Crippen LogP contribution >= 0.6 is 23.4 Å². The van der Waals surface area contributed by atoms with E-state index in [2.05, 4.69) is 15.3 Å². The number of aryl methyl sites for hydroxylation is 1. The van der Waals surface area contributed by atoms with Gasteiger partial charge in [-0.25, -0.2) is 17.7 Å². The molecule has 2 rings (SSSR count). The maximum absolute atomic E-state index is 12.3. The Balaban J connectivity index is 2.11. The van der Waals surface area contributed by atoms with E-state index in [1.54, 1.807) is 0 Å². The van der Waals surface area contributed by atoms with Crippen molar-refractivity contribution in [2.75, 3.05) is 25.2 Å². The fourth-order valence-corrected chi connectivity index (χ4v) is 4.02. The number of nitrogens with zero attached hydrogens (tertiary/aromatic N) is 2. The second-order valence-corrected chi connectivity index (χ2v) is 9.58. The van der Waals surface area contributed by atoms with E-state index < -0.39 is 15.9 Å². The van der Waals surface area contributed by atoms with E-state index in [1.807, 2.05) is 6.92 Å². The lowest BCUT2D eigenvalue weighted by molar-refractivity contribution is -0.113. The van der Waals surface area contributed by atoms with Crippen LogP contribution in [-0.2, 0) is 21.2 Å². The molecule has 2 N–H and O–H groups in total. The van der Waals surface area contributed by atoms with Crippen molar-refractivity contribution < 1.29 is 13.2 Å². The SMILES string of the molecule is CCCc1cc(=O)[nH]c(SCC(=O)Nc2cc(S(=O)(=O)N(C)C)ccc2Cl)n1. The Morgan fingerprint density at radius 3 is 2.68 bits per heavy atom. The number of halogens is 1. The zero-order valence-electron chi connectivity index (χ0n) is 15.7. The van der Waals surface area contributed by atoms with Crippen molar-refractivity contribution in [1.82, 2.24) is 14.3 Å². The lowest BCUT2D eigenvalue weighted by atomic mass is 10.2. The first kappa shape index (κ1) is 22.4. The fraction of sp³-hybridized carbons (Fsp3) is 0.353. The zero-order chi connectivity index (χ0) is 20.9. The maximum Gasteiger partial charge on any atom is 0.251 e. The smallest absolute Gasteiger partial charge is 0.251 e. The van der Waals surface area contributed by atoms with Crippen LogP contribution in [0.25, 0.3) is 0 Å². The van der Waals surface area contributed by atoms with Crippen molar-refractivity contribution in [2.24, 2.45) is 0 Å². The highest BCUT2D eigenvalue weighted by atomic mass is 35.5. The molecule has 0 fully saturated rings. The van der Waals surface area contributed by atoms with Gasteiger partial charge < -0.3 is 10.3 Å². The van der Waals surface area contributed by atoms with Crippen molar-refractivity contribution in [3.05, 3.63) is 45.3 Å². The molecular weight excluding hydrogens is 424 g/mol. The molecule has 152 valence electrons. The van der Waals surface area contributed by atoms with Gasteiger partial charge in [0.2, 0.25) is 15.9 Å². The molecule has 1 amide bonds. The lowest BCUT2D eigenvalue weighted by Gasteiger charge is -2.13. The molecule has 0 radical (unpaired) electrons. The quantitative estimate of drug-likeness (QED) is 0.477. The molecule has 0 bridgehead atoms. The number of benzene rings is 1. The first-order valence-corrected chi connectivity index (χ1v) is 11.2. The van der Waals surface area contributed by atoms with Gasteiger partial charge in [0.15, 0.2) is 5.16 Å². The number of H-pyrrole nitrogens is 1. The monoisotopic (exact) mass is 444 g/mol. The summed E-state index contributed by atoms with van der Waals surface area (Å²) in [4.78, 5) is 30.8. The molecule has 0 unspecified atom stereocenters. The van der Waals surface area contributed by atoms with Gasteiger partial charge in [-0.3, -0.25) is 9.59 Å². The van der Waals surface area contributed by atoms with E-state index in [1.165, 1.54) is 38.4 Å². The average molecular weight is 445 g/mol. The van der Waals surface area contributed by atoms with Gasteiger partial charge in [-0.2, -0.15) is 0 Å². The van der Waals surface area contributed by atoms with Crippen LogP contribution in [0.5, 0.6) is 0 Å². The average Bonchev–Trinajstić information content (AvgIpc) is 2.61. The molecule has 8 nitrogen and oxygen atoms in total. The minimum absolute atomic E-state index is 0.0168. The number of anilines is 1. The van der Waals surface area contributed by atoms with Gasteiger partial charge in [0.1, 0.15) is 0 Å². The summed E-state index contributed by atoms with van der Waals surface area (Å²) in [6, 6.07) is 5.52. The molecule has 0 aliphatic carbocycles. The summed E-state index contributed by atoms with van der Waals surface area (Å²) in [6.07, 6.45) is 1.53. The van der Waals surface area contributed by atoms with Gasteiger partial charge in [0.05, 0.1) is 21.4 Å². The Hall–Kier alpha value is -1.88. The van der Waals surface area contributed by atoms with Gasteiger partial charge in [0.25, 0.3) is 5.56 Å². The zero-order valence-corrected chi connectivity index (χ0v) is 18.0. The van der Waals surface area contributed by atoms with Crippen LogP contribution in [-0.4, -0.2) is 48.4 Å². The standard InChI is InChI=1S/C17H21ClN4O4S2/c1-4-5-11-8-15(23)21-17(19-11)27-10-16(24)20-14-9-12(6-7-13(14)18)28(25,26)22(2)3/h6-9H,4-5,10H2,1-3H3,(H,20,24)(H,19,21,23). The fourth-order valence-electron chi connectivity index (χ4n) is 2.23. The molecule has 0 saturated heterocycles. The largest absolute Gasteiger partial charge is 0.324 e. The molecule has 2 aromatic rings. The Kier molecular flexibility index (Phi) is 7.64. The number of carbonyl (C=O) groups excluding carboxylic acids is 1. The summed E-state index contributed by atoms with van der Waals surface area (Å²) in [7, 11) is -0.822. The molecular formula is C17H21ClN4O4S2. The first-order chi connectivity index (χ1) is 13.1. The Labute approximate surface area is 172 Å². The number of nitrogens with one attached hydrogen (secondary N) is 2. The van der Waals surface area contributed by atoms with E-state index in [0.29, 0.717) is 17.3 Å². The van der Waals surface area contributed by atoms with E-state index in [0.717, 1.165) is 22.5 Å². The summed E-state index contributed by atoms with van der Waals surface area (Å²) in [5, 5.41) is 3.16. The summed E-state index contributed by atoms with van der Waals surface area (Å²) in [5.74, 6) is -0.436. The van der Waals surface area contributed by atoms with Crippen LogP contribution in [0.1, 0.15) is 19.0 Å². The van der Waals surface area contributed by atoms with Gasteiger partial charge in [-0.1, -0.05) is 36.7 Å². The predicted molar refractivity (Wildman–Crippen MR) is 111 cm³/mol. The lowest BCUT2D eigenvalue weighted by Crippen LogP contribution is -2.22. The van der Waals surface area contributed by atoms with Gasteiger partial charge >= 0.3 is 0 Å². The van der Waals surface area contributed by atoms with Gasteiger partial charge in [0, 0.05) is 25.9 Å². The number of aromatic amines is 1. The minimum atomic E-state index is -3.65. The van der Waals surface area contributed by atoms with E-state index in [-0.39, 0.29) is 26.9 Å². The normalized spacial score (nSPS) is 11.6. The van der Waals surface area contributed by atoms with E-state index in [9.17, 15) is 18.0 Å². The van der Waals surface area contributed by atoms with Crippen LogP contribution in [0.3, 0.4) is 0 Å². The third-order valence-corrected chi connectivity index (χ3v) is 6.62. The number of sulfonamides is 1. The second kappa shape index (κ2) is 9.55. The van der Waals surface area contributed by atoms with Crippen molar-refractivity contribution >= 4 is 45.0 Å². The molecule has 0 aliphatic rings. The Morgan fingerprint density at radius 2 is 2.04 bits per heavy atom. The topological polar surface area (TPSA) is 112 Å². The van der Waals surface area contributed by atoms with Crippen molar-refractivity contribution in [3.8, 4) is 0 Å². The number of rotatable bonds is 8. The molecule has 1 aromatic carbocycles. The highest BCUT2D eigenvalue weighted by molar-refractivity contribution is 7.99. The number of carbonyl (C=O) groups is 1. The van der Waals surface area contributed by atoms with Crippen LogP contribution in [0.15, 0.2) is 39.1 Å². The maximum atomic E-state index is 12.3. The molecule has 11 heteroatoms. The molecule has 0 spiro atoms. The van der Waals surface area contributed by atoms with Crippen molar-refractivity contribution in [2.45, 2.75) is 29.8 Å². The van der Waals surface area contributed by atoms with Gasteiger partial charge in [-0.15, -0.1) is 0 Å². The van der Waals surface area contributed by atoms with Crippen LogP contribution in [0.2, 0.25) is 5.02 Å². The number of hydrogen-bond donors (Lipinski definition) is 2. The molecule has 0 saturated carbocycles. The highest BCUT2D eigenvalue weighted by Crippen LogP contribution is 2.26. The predicted octanol–water partition coefficient (Wildman–Crippen LogP) is 2.36. The Bertz CT molecular complexity index is 1020. The summed E-state index contributed by atoms with van der Waals surface area (Å²) in [5.41, 5.74) is 0.584. The minimum Gasteiger partial charge on any atom is -0.324 e. The first-order valence-electron chi connectivity index (χ1n) is 8.38. The number of thioether (sulfide) groups is 1. The number of aromatic nitrogens is 2. The summed E-state index contributed by atoms with van der Waals surface area (Å²) in [6.45, 7) is 1.98. The molecule has 1 heterocycles. The van der Waals surface area contributed by atoms with Crippen molar-refractivity contribution in [1.29, 1.82) is 0 Å². The molecule has 1 aromatic heterocycles. The molecule has 28 heavy (non-hydrogen) atoms. The van der Waals surface area contributed by atoms with Gasteiger partial charge in [-0.05, 0) is 24.6 Å². The third-order valence-electron chi connectivity index (χ3n) is 3.61. The highest BCUT2D eigenvalue weighted by Gasteiger charge is 2.19.